The first-order valence-corrected chi connectivity index (χ1v) is 8.17. The number of esters is 1. The maximum atomic E-state index is 12.0. The summed E-state index contributed by atoms with van der Waals surface area (Å²) >= 11 is 0. The van der Waals surface area contributed by atoms with Crippen LogP contribution in [0.25, 0.3) is 12.7 Å². The van der Waals surface area contributed by atoms with Gasteiger partial charge in [-0.1, -0.05) is 24.8 Å². The number of nitrogens with zero attached hydrogens (tertiary/aromatic N) is 1. The lowest BCUT2D eigenvalue weighted by molar-refractivity contribution is 0.0515. The highest BCUT2D eigenvalue weighted by Gasteiger charge is 2.17. The summed E-state index contributed by atoms with van der Waals surface area (Å²) in [6, 6.07) is 9.30. The molecule has 3 N–H and O–H groups in total. The number of para-hydroxylation sites is 1. The fourth-order valence-corrected chi connectivity index (χ4v) is 2.28. The summed E-state index contributed by atoms with van der Waals surface area (Å²) in [5.41, 5.74) is 5.91. The van der Waals surface area contributed by atoms with Crippen LogP contribution in [0.2, 0.25) is 0 Å². The van der Waals surface area contributed by atoms with Crippen LogP contribution in [0.5, 0.6) is 11.5 Å². The summed E-state index contributed by atoms with van der Waals surface area (Å²) in [5.74, 6) is 0.280. The topological polar surface area (TPSA) is 94.7 Å². The van der Waals surface area contributed by atoms with Gasteiger partial charge in [-0.05, 0) is 38.1 Å². The third-order valence-electron chi connectivity index (χ3n) is 3.57. The van der Waals surface area contributed by atoms with E-state index < -0.39 is 5.97 Å². The van der Waals surface area contributed by atoms with Crippen LogP contribution in [0, 0.1) is 0 Å². The van der Waals surface area contributed by atoms with Gasteiger partial charge in [0.05, 0.1) is 12.3 Å². The number of carbonyl (C=O) groups excluding carboxylic acids is 1. The number of allylic oxidation sites excluding steroid dienone is 2. The molecule has 136 valence electrons. The molecule has 0 saturated carbocycles. The Morgan fingerprint density at radius 1 is 1.35 bits per heavy atom. The second-order valence-corrected chi connectivity index (χ2v) is 5.43. The molecule has 0 radical (unpaired) electrons. The summed E-state index contributed by atoms with van der Waals surface area (Å²) in [6.45, 7) is 7.61. The van der Waals surface area contributed by atoms with Crippen molar-refractivity contribution in [1.29, 1.82) is 0 Å². The monoisotopic (exact) mass is 354 g/mol. The molecule has 0 amide bonds. The van der Waals surface area contributed by atoms with Crippen LogP contribution in [0.3, 0.4) is 0 Å². The highest BCUT2D eigenvalue weighted by atomic mass is 16.5. The number of rotatable bonds is 6. The maximum Gasteiger partial charge on any atom is 0.360 e. The van der Waals surface area contributed by atoms with Gasteiger partial charge in [-0.25, -0.2) is 9.78 Å². The van der Waals surface area contributed by atoms with E-state index >= 15 is 0 Å². The molecular weight excluding hydrogens is 332 g/mol. The highest BCUT2D eigenvalue weighted by molar-refractivity contribution is 5.90. The predicted molar refractivity (Wildman–Crippen MR) is 99.8 cm³/mol. The molecule has 0 aliphatic heterocycles. The van der Waals surface area contributed by atoms with Crippen molar-refractivity contribution >= 4 is 18.6 Å². The number of pyridine rings is 1. The third kappa shape index (κ3) is 4.49. The van der Waals surface area contributed by atoms with Gasteiger partial charge in [-0.3, -0.25) is 0 Å². The van der Waals surface area contributed by atoms with Gasteiger partial charge in [0.15, 0.2) is 11.4 Å². The van der Waals surface area contributed by atoms with Crippen molar-refractivity contribution in [2.45, 2.75) is 20.4 Å². The molecule has 0 aliphatic carbocycles. The van der Waals surface area contributed by atoms with E-state index in [2.05, 4.69) is 11.6 Å². The van der Waals surface area contributed by atoms with Gasteiger partial charge in [0.25, 0.3) is 0 Å². The molecule has 1 aromatic heterocycles. The normalized spacial score (nSPS) is 12.1. The zero-order valence-electron chi connectivity index (χ0n) is 14.9. The van der Waals surface area contributed by atoms with Crippen LogP contribution < -0.4 is 20.9 Å². The van der Waals surface area contributed by atoms with Crippen LogP contribution in [0.1, 0.15) is 30.0 Å². The SMILES string of the molecule is C=c1c(CN)nc(C(=O)OCC)c(O)/c1=C/C=C(\C)Oc1ccccc1. The highest BCUT2D eigenvalue weighted by Crippen LogP contribution is 2.13. The van der Waals surface area contributed by atoms with Crippen molar-refractivity contribution in [3.05, 3.63) is 64.0 Å². The first-order chi connectivity index (χ1) is 12.5. The molecule has 1 heterocycles. The van der Waals surface area contributed by atoms with E-state index in [9.17, 15) is 9.90 Å². The fourth-order valence-electron chi connectivity index (χ4n) is 2.28. The number of ether oxygens (including phenoxy) is 2. The molecule has 2 aromatic rings. The predicted octanol–water partition coefficient (Wildman–Crippen LogP) is 1.60. The fraction of sp³-hybridized carbons (Fsp3) is 0.200. The second-order valence-electron chi connectivity index (χ2n) is 5.43. The second kappa shape index (κ2) is 8.82. The molecule has 1 aromatic carbocycles. The minimum atomic E-state index is -0.712. The van der Waals surface area contributed by atoms with Gasteiger partial charge in [-0.15, -0.1) is 0 Å². The number of benzene rings is 1. The average molecular weight is 354 g/mol. The minimum Gasteiger partial charge on any atom is -0.505 e. The van der Waals surface area contributed by atoms with E-state index in [0.29, 0.717) is 27.6 Å². The third-order valence-corrected chi connectivity index (χ3v) is 3.57. The molecule has 2 rings (SSSR count). The Hall–Kier alpha value is -3.12. The molecule has 0 unspecified atom stereocenters. The molecule has 0 fully saturated rings. The maximum absolute atomic E-state index is 12.0. The molecule has 6 heteroatoms. The molecular formula is C20H22N2O4. The number of aromatic hydroxyl groups is 1. The van der Waals surface area contributed by atoms with E-state index in [1.165, 1.54) is 0 Å². The molecule has 0 bridgehead atoms. The molecule has 0 aliphatic rings. The average Bonchev–Trinajstić information content (AvgIpc) is 2.62. The van der Waals surface area contributed by atoms with Gasteiger partial charge in [0, 0.05) is 17.0 Å². The minimum absolute atomic E-state index is 0.0789. The number of nitrogens with two attached hydrogens (primary N) is 1. The van der Waals surface area contributed by atoms with Crippen LogP contribution >= 0.6 is 0 Å². The summed E-state index contributed by atoms with van der Waals surface area (Å²) in [7, 11) is 0. The van der Waals surface area contributed by atoms with Crippen molar-refractivity contribution in [3.63, 3.8) is 0 Å². The van der Waals surface area contributed by atoms with E-state index in [-0.39, 0.29) is 24.6 Å². The molecule has 0 spiro atoms. The number of carbonyl (C=O) groups is 1. The Morgan fingerprint density at radius 3 is 2.65 bits per heavy atom. The van der Waals surface area contributed by atoms with Gasteiger partial charge in [-0.2, -0.15) is 0 Å². The molecule has 6 nitrogen and oxygen atoms in total. The Balaban J connectivity index is 2.48. The van der Waals surface area contributed by atoms with Crippen molar-refractivity contribution in [3.8, 4) is 11.5 Å². The van der Waals surface area contributed by atoms with Crippen molar-refractivity contribution in [1.82, 2.24) is 4.98 Å². The largest absolute Gasteiger partial charge is 0.505 e. The zero-order chi connectivity index (χ0) is 19.1. The van der Waals surface area contributed by atoms with Gasteiger partial charge in [0.2, 0.25) is 0 Å². The first kappa shape index (κ1) is 19.2. The molecule has 0 atom stereocenters. The zero-order valence-corrected chi connectivity index (χ0v) is 14.9. The summed E-state index contributed by atoms with van der Waals surface area (Å²) in [4.78, 5) is 16.1. The van der Waals surface area contributed by atoms with Crippen LogP contribution in [0.4, 0.5) is 0 Å². The van der Waals surface area contributed by atoms with Crippen molar-refractivity contribution in [2.75, 3.05) is 6.61 Å². The van der Waals surface area contributed by atoms with Crippen LogP contribution in [-0.4, -0.2) is 22.7 Å². The summed E-state index contributed by atoms with van der Waals surface area (Å²) < 4.78 is 10.6. The Bertz CT molecular complexity index is 921. The van der Waals surface area contributed by atoms with E-state index in [0.717, 1.165) is 0 Å². The Kier molecular flexibility index (Phi) is 6.52. The van der Waals surface area contributed by atoms with Gasteiger partial charge < -0.3 is 20.3 Å². The number of aromatic nitrogens is 1. The standard InChI is InChI=1S/C20H22N2O4/c1-4-25-20(24)18-19(23)16(14(3)17(12-21)22-18)11-10-13(2)26-15-8-6-5-7-9-15/h5-11,23H,3-4,12,21H2,1-2H3/b13-10+,16-11+. The lowest BCUT2D eigenvalue weighted by Crippen LogP contribution is -2.33. The van der Waals surface area contributed by atoms with Crippen LogP contribution in [0.15, 0.2) is 42.2 Å². The first-order valence-electron chi connectivity index (χ1n) is 8.17. The Labute approximate surface area is 151 Å². The lowest BCUT2D eigenvalue weighted by Gasteiger charge is -2.08. The molecule has 0 saturated heterocycles. The summed E-state index contributed by atoms with van der Waals surface area (Å²) in [5, 5.41) is 11.2. The van der Waals surface area contributed by atoms with E-state index in [4.69, 9.17) is 15.2 Å². The number of hydrogen-bond donors (Lipinski definition) is 2. The van der Waals surface area contributed by atoms with E-state index in [1.54, 1.807) is 26.0 Å². The molecule has 26 heavy (non-hydrogen) atoms. The smallest absolute Gasteiger partial charge is 0.360 e. The quantitative estimate of drug-likeness (QED) is 0.604. The van der Waals surface area contributed by atoms with Gasteiger partial charge >= 0.3 is 5.97 Å². The lowest BCUT2D eigenvalue weighted by atomic mass is 10.1. The Morgan fingerprint density at radius 2 is 2.04 bits per heavy atom. The van der Waals surface area contributed by atoms with Crippen LogP contribution in [-0.2, 0) is 11.3 Å². The van der Waals surface area contributed by atoms with Crippen molar-refractivity contribution in [2.24, 2.45) is 5.73 Å². The van der Waals surface area contributed by atoms with Crippen molar-refractivity contribution < 1.29 is 19.4 Å². The van der Waals surface area contributed by atoms with Gasteiger partial charge in [0.1, 0.15) is 11.5 Å². The summed E-state index contributed by atoms with van der Waals surface area (Å²) in [6.07, 6.45) is 3.28. The van der Waals surface area contributed by atoms with E-state index in [1.807, 2.05) is 30.3 Å². The number of hydrogen-bond acceptors (Lipinski definition) is 6.